The summed E-state index contributed by atoms with van der Waals surface area (Å²) in [6.45, 7) is 1.43. The van der Waals surface area contributed by atoms with E-state index in [2.05, 4.69) is 4.90 Å². The molecule has 2 nitrogen and oxygen atoms in total. The minimum atomic E-state index is -2.46. The first-order chi connectivity index (χ1) is 6.54. The Labute approximate surface area is 81.9 Å². The molecule has 0 aromatic heterocycles. The van der Waals surface area contributed by atoms with Crippen LogP contribution >= 0.6 is 0 Å². The number of nitrogens with zero attached hydrogens (tertiary/aromatic N) is 1. The highest BCUT2D eigenvalue weighted by atomic mass is 19.3. The number of alkyl halides is 2. The summed E-state index contributed by atoms with van der Waals surface area (Å²) >= 11 is 0. The van der Waals surface area contributed by atoms with E-state index in [1.54, 1.807) is 0 Å². The van der Waals surface area contributed by atoms with E-state index in [4.69, 9.17) is 0 Å². The lowest BCUT2D eigenvalue weighted by Gasteiger charge is -2.29. The van der Waals surface area contributed by atoms with Crippen molar-refractivity contribution in [1.82, 2.24) is 4.90 Å². The first-order valence-corrected chi connectivity index (χ1v) is 5.28. The van der Waals surface area contributed by atoms with Crippen LogP contribution in [0.2, 0.25) is 0 Å². The minimum absolute atomic E-state index is 0.0399. The van der Waals surface area contributed by atoms with Crippen molar-refractivity contribution in [3.8, 4) is 0 Å². The van der Waals surface area contributed by atoms with E-state index < -0.39 is 11.3 Å². The monoisotopic (exact) mass is 203 g/mol. The van der Waals surface area contributed by atoms with Crippen molar-refractivity contribution in [2.45, 2.75) is 37.1 Å². The van der Waals surface area contributed by atoms with Crippen LogP contribution in [0, 0.1) is 5.41 Å². The molecule has 1 spiro atoms. The third-order valence-corrected chi connectivity index (χ3v) is 4.41. The van der Waals surface area contributed by atoms with Crippen LogP contribution in [-0.4, -0.2) is 41.2 Å². The van der Waals surface area contributed by atoms with Gasteiger partial charge >= 0.3 is 0 Å². The molecule has 1 saturated carbocycles. The van der Waals surface area contributed by atoms with Gasteiger partial charge in [-0.3, -0.25) is 4.90 Å². The molecule has 0 aromatic rings. The van der Waals surface area contributed by atoms with Gasteiger partial charge in [0, 0.05) is 18.5 Å². The zero-order chi connectivity index (χ0) is 10.0. The van der Waals surface area contributed by atoms with E-state index >= 15 is 0 Å². The van der Waals surface area contributed by atoms with E-state index in [-0.39, 0.29) is 18.6 Å². The molecule has 2 saturated heterocycles. The summed E-state index contributed by atoms with van der Waals surface area (Å²) in [6, 6.07) is 0. The fraction of sp³-hybridized carbons (Fsp3) is 1.00. The number of fused-ring (bicyclic) bond motifs is 1. The maximum Gasteiger partial charge on any atom is 0.255 e. The van der Waals surface area contributed by atoms with Crippen LogP contribution in [0.3, 0.4) is 0 Å². The molecule has 0 radical (unpaired) electrons. The topological polar surface area (TPSA) is 23.5 Å². The summed E-state index contributed by atoms with van der Waals surface area (Å²) in [5.74, 6) is -2.46. The fourth-order valence-corrected chi connectivity index (χ4v) is 3.47. The van der Waals surface area contributed by atoms with Gasteiger partial charge in [-0.1, -0.05) is 0 Å². The molecule has 2 aliphatic heterocycles. The van der Waals surface area contributed by atoms with Gasteiger partial charge in [0.2, 0.25) is 0 Å². The Morgan fingerprint density at radius 1 is 1.29 bits per heavy atom. The van der Waals surface area contributed by atoms with Crippen molar-refractivity contribution in [3.05, 3.63) is 0 Å². The van der Waals surface area contributed by atoms with Crippen molar-refractivity contribution >= 4 is 0 Å². The van der Waals surface area contributed by atoms with E-state index in [0.29, 0.717) is 13.0 Å². The zero-order valence-corrected chi connectivity index (χ0v) is 8.10. The quantitative estimate of drug-likeness (QED) is 0.693. The molecular formula is C10H15F2NO. The molecular weight excluding hydrogens is 188 g/mol. The molecule has 3 rings (SSSR count). The van der Waals surface area contributed by atoms with Gasteiger partial charge in [0.1, 0.15) is 0 Å². The number of halogens is 2. The summed E-state index contributed by atoms with van der Waals surface area (Å²) in [7, 11) is 0. The highest BCUT2D eigenvalue weighted by Crippen LogP contribution is 2.69. The molecule has 0 amide bonds. The van der Waals surface area contributed by atoms with Crippen LogP contribution in [0.1, 0.15) is 25.7 Å². The molecule has 2 atom stereocenters. The van der Waals surface area contributed by atoms with Gasteiger partial charge in [-0.25, -0.2) is 8.78 Å². The van der Waals surface area contributed by atoms with Crippen molar-refractivity contribution in [3.63, 3.8) is 0 Å². The number of aliphatic hydroxyl groups is 1. The van der Waals surface area contributed by atoms with E-state index in [0.717, 1.165) is 19.4 Å². The maximum absolute atomic E-state index is 13.2. The normalized spacial score (nSPS) is 49.9. The van der Waals surface area contributed by atoms with Crippen LogP contribution in [0.5, 0.6) is 0 Å². The Bertz CT molecular complexity index is 283. The zero-order valence-electron chi connectivity index (χ0n) is 8.10. The van der Waals surface area contributed by atoms with Gasteiger partial charge in [0.25, 0.3) is 5.92 Å². The van der Waals surface area contributed by atoms with Crippen LogP contribution in [0.25, 0.3) is 0 Å². The highest BCUT2D eigenvalue weighted by molar-refractivity contribution is 5.21. The van der Waals surface area contributed by atoms with Gasteiger partial charge in [0.15, 0.2) is 0 Å². The Hall–Kier alpha value is -0.220. The largest absolute Gasteiger partial charge is 0.394 e. The molecule has 3 fully saturated rings. The summed E-state index contributed by atoms with van der Waals surface area (Å²) in [4.78, 5) is 2.09. The SMILES string of the molecule is OCC12CCCN1CC1(C2)CC1(F)F. The minimum Gasteiger partial charge on any atom is -0.394 e. The molecule has 80 valence electrons. The maximum atomic E-state index is 13.2. The van der Waals surface area contributed by atoms with Gasteiger partial charge in [-0.2, -0.15) is 0 Å². The number of hydrogen-bond donors (Lipinski definition) is 1. The lowest BCUT2D eigenvalue weighted by atomic mass is 9.89. The molecule has 2 unspecified atom stereocenters. The number of aliphatic hydroxyl groups excluding tert-OH is 1. The predicted molar refractivity (Wildman–Crippen MR) is 47.2 cm³/mol. The predicted octanol–water partition coefficient (Wildman–Crippen LogP) is 1.24. The summed E-state index contributed by atoms with van der Waals surface area (Å²) in [5, 5.41) is 9.37. The van der Waals surface area contributed by atoms with E-state index in [1.165, 1.54) is 0 Å². The second-order valence-corrected chi connectivity index (χ2v) is 5.25. The second-order valence-electron chi connectivity index (χ2n) is 5.25. The first kappa shape index (κ1) is 9.04. The first-order valence-electron chi connectivity index (χ1n) is 5.28. The van der Waals surface area contributed by atoms with Crippen LogP contribution < -0.4 is 0 Å². The van der Waals surface area contributed by atoms with Crippen molar-refractivity contribution in [2.24, 2.45) is 5.41 Å². The van der Waals surface area contributed by atoms with Crippen LogP contribution in [0.4, 0.5) is 8.78 Å². The Balaban J connectivity index is 1.87. The summed E-state index contributed by atoms with van der Waals surface area (Å²) < 4.78 is 26.4. The second kappa shape index (κ2) is 2.30. The molecule has 0 aromatic carbocycles. The number of rotatable bonds is 1. The van der Waals surface area contributed by atoms with E-state index in [9.17, 15) is 13.9 Å². The van der Waals surface area contributed by atoms with Gasteiger partial charge in [-0.15, -0.1) is 0 Å². The lowest BCUT2D eigenvalue weighted by Crippen LogP contribution is -2.41. The standard InChI is InChI=1S/C10H15F2NO/c11-10(12)5-8(10)4-9(7-14)2-1-3-13(9)6-8/h14H,1-7H2. The average molecular weight is 203 g/mol. The smallest absolute Gasteiger partial charge is 0.255 e. The van der Waals surface area contributed by atoms with Gasteiger partial charge in [0.05, 0.1) is 12.0 Å². The van der Waals surface area contributed by atoms with E-state index in [1.807, 2.05) is 0 Å². The Morgan fingerprint density at radius 2 is 2.00 bits per heavy atom. The molecule has 2 heterocycles. The molecule has 4 heteroatoms. The van der Waals surface area contributed by atoms with Crippen molar-refractivity contribution in [1.29, 1.82) is 0 Å². The van der Waals surface area contributed by atoms with Gasteiger partial charge < -0.3 is 5.11 Å². The van der Waals surface area contributed by atoms with Crippen LogP contribution in [-0.2, 0) is 0 Å². The third-order valence-electron chi connectivity index (χ3n) is 4.41. The Kier molecular flexibility index (Phi) is 1.48. The molecule has 14 heavy (non-hydrogen) atoms. The molecule has 0 bridgehead atoms. The molecule has 1 aliphatic carbocycles. The van der Waals surface area contributed by atoms with Crippen molar-refractivity contribution in [2.75, 3.05) is 19.7 Å². The van der Waals surface area contributed by atoms with Crippen LogP contribution in [0.15, 0.2) is 0 Å². The summed E-state index contributed by atoms with van der Waals surface area (Å²) in [6.07, 6.45) is 2.48. The number of hydrogen-bond acceptors (Lipinski definition) is 2. The Morgan fingerprint density at radius 3 is 2.50 bits per heavy atom. The average Bonchev–Trinajstić information content (AvgIpc) is 2.47. The fourth-order valence-electron chi connectivity index (χ4n) is 3.47. The third kappa shape index (κ3) is 0.865. The molecule has 1 N–H and O–H groups in total. The molecule has 3 aliphatic rings. The van der Waals surface area contributed by atoms with Gasteiger partial charge in [-0.05, 0) is 25.8 Å². The van der Waals surface area contributed by atoms with Crippen molar-refractivity contribution < 1.29 is 13.9 Å². The lowest BCUT2D eigenvalue weighted by molar-refractivity contribution is 0.0644. The highest BCUT2D eigenvalue weighted by Gasteiger charge is 2.76. The summed E-state index contributed by atoms with van der Waals surface area (Å²) in [5.41, 5.74) is -1.06.